The molecule has 2 nitrogen and oxygen atoms in total. The number of methoxy groups -OCH3 is 1. The number of rotatable bonds is 9. The Kier molecular flexibility index (Phi) is 8.24. The van der Waals surface area contributed by atoms with E-state index in [2.05, 4.69) is 19.9 Å². The van der Waals surface area contributed by atoms with Crippen LogP contribution in [0.3, 0.4) is 0 Å². The van der Waals surface area contributed by atoms with Crippen molar-refractivity contribution in [1.82, 2.24) is 0 Å². The minimum absolute atomic E-state index is 0.194. The molecule has 3 aliphatic carbocycles. The van der Waals surface area contributed by atoms with E-state index in [0.29, 0.717) is 17.4 Å². The Hall–Kier alpha value is -1.19. The van der Waals surface area contributed by atoms with Crippen LogP contribution in [0.2, 0.25) is 0 Å². The van der Waals surface area contributed by atoms with Crippen molar-refractivity contribution in [1.29, 1.82) is 0 Å². The maximum absolute atomic E-state index is 13.2. The lowest BCUT2D eigenvalue weighted by Crippen LogP contribution is -2.44. The van der Waals surface area contributed by atoms with Gasteiger partial charge in [-0.25, -0.2) is 4.39 Å². The molecule has 1 aromatic rings. The molecule has 2 fully saturated rings. The fraction of sp³-hybridized carbons (Fsp3) is 0.742. The van der Waals surface area contributed by atoms with E-state index in [0.717, 1.165) is 55.4 Å². The second-order valence-electron chi connectivity index (χ2n) is 12.1. The predicted octanol–water partition coefficient (Wildman–Crippen LogP) is 7.88. The lowest BCUT2D eigenvalue weighted by molar-refractivity contribution is -0.0144. The van der Waals surface area contributed by atoms with E-state index in [1.165, 1.54) is 57.1 Å². The van der Waals surface area contributed by atoms with Crippen molar-refractivity contribution in [3.8, 4) is 0 Å². The van der Waals surface area contributed by atoms with Crippen LogP contribution in [0.4, 0.5) is 4.39 Å². The van der Waals surface area contributed by atoms with Crippen molar-refractivity contribution in [2.45, 2.75) is 110 Å². The van der Waals surface area contributed by atoms with Gasteiger partial charge in [0.15, 0.2) is 0 Å². The molecule has 0 spiro atoms. The molecule has 0 amide bonds. The Labute approximate surface area is 207 Å². The number of allylic oxidation sites excluding steroid dienone is 1. The Morgan fingerprint density at radius 1 is 1.18 bits per heavy atom. The van der Waals surface area contributed by atoms with Gasteiger partial charge in [-0.1, -0.05) is 50.5 Å². The first-order chi connectivity index (χ1) is 16.3. The van der Waals surface area contributed by atoms with Gasteiger partial charge in [-0.05, 0) is 118 Å². The predicted molar refractivity (Wildman–Crippen MR) is 138 cm³/mol. The highest BCUT2D eigenvalue weighted by atomic mass is 19.1. The van der Waals surface area contributed by atoms with Gasteiger partial charge < -0.3 is 9.84 Å². The first-order valence-electron chi connectivity index (χ1n) is 14.0. The highest BCUT2D eigenvalue weighted by Crippen LogP contribution is 2.58. The number of aryl methyl sites for hydroxylation is 1. The first-order valence-corrected chi connectivity index (χ1v) is 14.0. The van der Waals surface area contributed by atoms with Gasteiger partial charge in [0.1, 0.15) is 5.82 Å². The summed E-state index contributed by atoms with van der Waals surface area (Å²) in [7, 11) is 1.87. The average Bonchev–Trinajstić information content (AvgIpc) is 3.33. The zero-order valence-corrected chi connectivity index (χ0v) is 22.0. The van der Waals surface area contributed by atoms with Gasteiger partial charge in [0, 0.05) is 7.11 Å². The molecule has 3 heteroatoms. The summed E-state index contributed by atoms with van der Waals surface area (Å²) in [5.41, 5.74) is 2.46. The van der Waals surface area contributed by atoms with Crippen LogP contribution in [0.15, 0.2) is 35.9 Å². The van der Waals surface area contributed by atoms with Gasteiger partial charge in [0.25, 0.3) is 0 Å². The summed E-state index contributed by atoms with van der Waals surface area (Å²) >= 11 is 0. The molecule has 3 aliphatic rings. The Morgan fingerprint density at radius 2 is 1.94 bits per heavy atom. The summed E-state index contributed by atoms with van der Waals surface area (Å²) in [5.74, 6) is 2.41. The van der Waals surface area contributed by atoms with Crippen LogP contribution in [-0.2, 0) is 11.2 Å². The summed E-state index contributed by atoms with van der Waals surface area (Å²) in [6.45, 7) is 6.93. The fourth-order valence-electron chi connectivity index (χ4n) is 7.76. The van der Waals surface area contributed by atoms with E-state index in [4.69, 9.17) is 4.74 Å². The Morgan fingerprint density at radius 3 is 2.65 bits per heavy atom. The summed E-state index contributed by atoms with van der Waals surface area (Å²) in [4.78, 5) is 0. The maximum atomic E-state index is 13.2. The summed E-state index contributed by atoms with van der Waals surface area (Å²) in [5, 5.41) is 11.4. The van der Waals surface area contributed by atoms with E-state index >= 15 is 0 Å². The van der Waals surface area contributed by atoms with Gasteiger partial charge in [-0.3, -0.25) is 0 Å². The number of halogens is 1. The van der Waals surface area contributed by atoms with E-state index < -0.39 is 5.60 Å². The zero-order valence-electron chi connectivity index (χ0n) is 22.0. The molecule has 4 rings (SSSR count). The molecule has 0 saturated heterocycles. The van der Waals surface area contributed by atoms with Crippen LogP contribution >= 0.6 is 0 Å². The Balaban J connectivity index is 1.43. The minimum Gasteiger partial charge on any atom is -0.390 e. The topological polar surface area (TPSA) is 29.5 Å². The van der Waals surface area contributed by atoms with Crippen LogP contribution in [0.5, 0.6) is 0 Å². The number of unbranched alkanes of at least 4 members (excludes halogenated alkanes) is 1. The molecule has 2 saturated carbocycles. The third-order valence-corrected chi connectivity index (χ3v) is 10.1. The largest absolute Gasteiger partial charge is 0.390 e. The lowest BCUT2D eigenvalue weighted by Gasteiger charge is -2.52. The molecule has 1 aromatic carbocycles. The molecule has 34 heavy (non-hydrogen) atoms. The molecule has 0 unspecified atom stereocenters. The van der Waals surface area contributed by atoms with Gasteiger partial charge >= 0.3 is 0 Å². The molecule has 0 aromatic heterocycles. The summed E-state index contributed by atoms with van der Waals surface area (Å²) < 4.78 is 19.0. The zero-order chi connectivity index (χ0) is 24.3. The van der Waals surface area contributed by atoms with Gasteiger partial charge in [0.05, 0.1) is 11.7 Å². The summed E-state index contributed by atoms with van der Waals surface area (Å²) in [6, 6.07) is 6.76. The van der Waals surface area contributed by atoms with E-state index in [9.17, 15) is 9.50 Å². The summed E-state index contributed by atoms with van der Waals surface area (Å²) in [6.07, 6.45) is 16.8. The third-order valence-electron chi connectivity index (χ3n) is 10.1. The van der Waals surface area contributed by atoms with Crippen LogP contribution in [0.25, 0.3) is 0 Å². The second-order valence-corrected chi connectivity index (χ2v) is 12.1. The average molecular weight is 471 g/mol. The SMILES string of the molecule is CCCC[C@H]1[C@H]([C@@H]2CC[C@H]([C@](C)(O)CCc3ccc(F)cc3)C2)CC=C2C[C@@H](OC)CC[C@@]21C. The van der Waals surface area contributed by atoms with Crippen molar-refractivity contribution in [2.75, 3.05) is 7.11 Å². The smallest absolute Gasteiger partial charge is 0.123 e. The number of hydrogen-bond acceptors (Lipinski definition) is 2. The van der Waals surface area contributed by atoms with Gasteiger partial charge in [-0.15, -0.1) is 0 Å². The van der Waals surface area contributed by atoms with Crippen molar-refractivity contribution < 1.29 is 14.2 Å². The molecule has 0 bridgehead atoms. The highest BCUT2D eigenvalue weighted by Gasteiger charge is 2.50. The van der Waals surface area contributed by atoms with Crippen molar-refractivity contribution in [3.05, 3.63) is 47.3 Å². The molecule has 7 atom stereocenters. The van der Waals surface area contributed by atoms with Gasteiger partial charge in [-0.2, -0.15) is 0 Å². The number of aliphatic hydroxyl groups is 1. The number of benzene rings is 1. The number of ether oxygens (including phenoxy) is 1. The molecule has 0 radical (unpaired) electrons. The van der Waals surface area contributed by atoms with Crippen molar-refractivity contribution in [2.24, 2.45) is 29.1 Å². The van der Waals surface area contributed by atoms with E-state index in [1.807, 2.05) is 26.2 Å². The molecular formula is C31H47FO2. The minimum atomic E-state index is -0.655. The molecule has 1 N–H and O–H groups in total. The maximum Gasteiger partial charge on any atom is 0.123 e. The third kappa shape index (κ3) is 5.46. The highest BCUT2D eigenvalue weighted by molar-refractivity contribution is 5.24. The van der Waals surface area contributed by atoms with E-state index in [-0.39, 0.29) is 5.82 Å². The molecular weight excluding hydrogens is 423 g/mol. The monoisotopic (exact) mass is 470 g/mol. The number of fused-ring (bicyclic) bond motifs is 1. The standard InChI is InChI=1S/C31H47FO2/c1-5-6-7-29-28(15-12-24-21-27(34-4)17-18-30(24,29)2)23-10-11-25(20-23)31(3,33)19-16-22-8-13-26(32)14-9-22/h8-9,12-14,23,25,27-29,33H,5-7,10-11,15-21H2,1-4H3/t23-,25+,27+,28+,29+,30+,31-/m1/s1. The lowest BCUT2D eigenvalue weighted by atomic mass is 9.53. The normalized spacial score (nSPS) is 35.5. The van der Waals surface area contributed by atoms with Gasteiger partial charge in [0.2, 0.25) is 0 Å². The van der Waals surface area contributed by atoms with Crippen molar-refractivity contribution >= 4 is 0 Å². The van der Waals surface area contributed by atoms with Crippen LogP contribution in [0.1, 0.15) is 97.0 Å². The molecule has 0 heterocycles. The second kappa shape index (κ2) is 10.8. The van der Waals surface area contributed by atoms with Crippen molar-refractivity contribution in [3.63, 3.8) is 0 Å². The molecule has 0 aliphatic heterocycles. The first kappa shape index (κ1) is 25.9. The van der Waals surface area contributed by atoms with Crippen LogP contribution in [-0.4, -0.2) is 23.9 Å². The molecule has 190 valence electrons. The number of hydrogen-bond donors (Lipinski definition) is 1. The van der Waals surface area contributed by atoms with Crippen LogP contribution < -0.4 is 0 Å². The fourth-order valence-corrected chi connectivity index (χ4v) is 7.76. The quantitative estimate of drug-likeness (QED) is 0.372. The Bertz CT molecular complexity index is 828. The van der Waals surface area contributed by atoms with E-state index in [1.54, 1.807) is 5.57 Å². The van der Waals surface area contributed by atoms with Crippen LogP contribution in [0, 0.1) is 34.9 Å².